The van der Waals surface area contributed by atoms with Gasteiger partial charge in [0.05, 0.1) is 6.04 Å². The molecule has 0 aliphatic carbocycles. The molecule has 1 fully saturated rings. The van der Waals surface area contributed by atoms with Crippen molar-refractivity contribution >= 4 is 5.91 Å². The zero-order valence-electron chi connectivity index (χ0n) is 16.2. The second-order valence-corrected chi connectivity index (χ2v) is 7.23. The Balaban J connectivity index is 2.29. The molecule has 0 aromatic heterocycles. The highest BCUT2D eigenvalue weighted by atomic mass is 16.2. The summed E-state index contributed by atoms with van der Waals surface area (Å²) in [4.78, 5) is 14.8. The first kappa shape index (κ1) is 21.4. The van der Waals surface area contributed by atoms with E-state index in [1.54, 1.807) is 0 Å². The zero-order valence-corrected chi connectivity index (χ0v) is 16.2. The van der Waals surface area contributed by atoms with Gasteiger partial charge in [-0.3, -0.25) is 4.79 Å². The van der Waals surface area contributed by atoms with Crippen LogP contribution in [0.4, 0.5) is 0 Å². The van der Waals surface area contributed by atoms with Gasteiger partial charge in [0.25, 0.3) is 0 Å². The Labute approximate surface area is 150 Å². The summed E-state index contributed by atoms with van der Waals surface area (Å²) in [6, 6.07) is 0.321. The van der Waals surface area contributed by atoms with Crippen LogP contribution >= 0.6 is 0 Å². The van der Waals surface area contributed by atoms with Crippen LogP contribution in [0.25, 0.3) is 0 Å². The molecule has 1 aliphatic rings. The third kappa shape index (κ3) is 9.63. The highest BCUT2D eigenvalue weighted by Crippen LogP contribution is 2.11. The predicted molar refractivity (Wildman–Crippen MR) is 103 cm³/mol. The number of hydrogen-bond donors (Lipinski definition) is 2. The fourth-order valence-corrected chi connectivity index (χ4v) is 3.42. The molecule has 1 saturated heterocycles. The molecule has 2 N–H and O–H groups in total. The Morgan fingerprint density at radius 1 is 1.04 bits per heavy atom. The van der Waals surface area contributed by atoms with Gasteiger partial charge in [-0.1, -0.05) is 58.8 Å². The molecule has 0 bridgehead atoms. The van der Waals surface area contributed by atoms with Gasteiger partial charge in [0.15, 0.2) is 0 Å². The monoisotopic (exact) mass is 339 g/mol. The topological polar surface area (TPSA) is 44.4 Å². The summed E-state index contributed by atoms with van der Waals surface area (Å²) in [5.74, 6) is 0.369. The minimum atomic E-state index is 0.321. The van der Waals surface area contributed by atoms with Crippen molar-refractivity contribution in [1.82, 2.24) is 15.5 Å². The quantitative estimate of drug-likeness (QED) is 0.503. The average molecular weight is 340 g/mol. The van der Waals surface area contributed by atoms with Crippen LogP contribution in [0, 0.1) is 0 Å². The largest absolute Gasteiger partial charge is 0.337 e. The van der Waals surface area contributed by atoms with Gasteiger partial charge in [-0.2, -0.15) is 0 Å². The number of carbonyl (C=O) groups excluding carboxylic acids is 1. The van der Waals surface area contributed by atoms with Crippen molar-refractivity contribution in [3.63, 3.8) is 0 Å². The van der Waals surface area contributed by atoms with Gasteiger partial charge in [-0.15, -0.1) is 0 Å². The van der Waals surface area contributed by atoms with Crippen LogP contribution in [-0.2, 0) is 4.79 Å². The van der Waals surface area contributed by atoms with E-state index in [0.29, 0.717) is 11.9 Å². The summed E-state index contributed by atoms with van der Waals surface area (Å²) in [5, 5.41) is 7.07. The third-order valence-electron chi connectivity index (χ3n) is 4.97. The standard InChI is InChI=1S/C20H41N3O/c1-3-5-7-9-10-13-20(24)23-16-12-15-22-18-19(23)17-21-14-11-8-6-4-2/h19,21-22H,3-18H2,1-2H3/t19-/m1/s1. The molecule has 1 amide bonds. The summed E-state index contributed by atoms with van der Waals surface area (Å²) in [7, 11) is 0. The number of nitrogens with one attached hydrogen (secondary N) is 2. The molecule has 1 atom stereocenters. The normalized spacial score (nSPS) is 18.6. The van der Waals surface area contributed by atoms with Crippen LogP contribution in [0.3, 0.4) is 0 Å². The van der Waals surface area contributed by atoms with Crippen LogP contribution < -0.4 is 10.6 Å². The second kappa shape index (κ2) is 14.7. The fourth-order valence-electron chi connectivity index (χ4n) is 3.42. The van der Waals surface area contributed by atoms with Crippen molar-refractivity contribution in [3.8, 4) is 0 Å². The Kier molecular flexibility index (Phi) is 13.1. The number of unbranched alkanes of at least 4 members (excludes halogenated alkanes) is 7. The van der Waals surface area contributed by atoms with Gasteiger partial charge in [0, 0.05) is 26.1 Å². The maximum absolute atomic E-state index is 12.6. The number of nitrogens with zero attached hydrogens (tertiary/aromatic N) is 1. The average Bonchev–Trinajstić information content (AvgIpc) is 2.83. The Morgan fingerprint density at radius 2 is 1.75 bits per heavy atom. The zero-order chi connectivity index (χ0) is 17.5. The first-order valence-corrected chi connectivity index (χ1v) is 10.5. The van der Waals surface area contributed by atoms with E-state index in [4.69, 9.17) is 0 Å². The SMILES string of the molecule is CCCCCCCC(=O)N1CCCNC[C@H]1CNCCCCCC. The van der Waals surface area contributed by atoms with Crippen molar-refractivity contribution < 1.29 is 4.79 Å². The second-order valence-electron chi connectivity index (χ2n) is 7.23. The van der Waals surface area contributed by atoms with E-state index < -0.39 is 0 Å². The maximum atomic E-state index is 12.6. The van der Waals surface area contributed by atoms with Gasteiger partial charge in [0.1, 0.15) is 0 Å². The van der Waals surface area contributed by atoms with Gasteiger partial charge >= 0.3 is 0 Å². The van der Waals surface area contributed by atoms with Crippen molar-refractivity contribution in [2.75, 3.05) is 32.7 Å². The van der Waals surface area contributed by atoms with Crippen molar-refractivity contribution in [2.45, 2.75) is 90.5 Å². The molecule has 4 heteroatoms. The Bertz CT molecular complexity index is 309. The smallest absolute Gasteiger partial charge is 0.222 e. The molecule has 1 heterocycles. The molecule has 24 heavy (non-hydrogen) atoms. The lowest BCUT2D eigenvalue weighted by atomic mass is 10.1. The van der Waals surface area contributed by atoms with E-state index in [1.807, 2.05) is 0 Å². The number of rotatable bonds is 13. The molecule has 0 saturated carbocycles. The lowest BCUT2D eigenvalue weighted by Crippen LogP contribution is -2.49. The highest BCUT2D eigenvalue weighted by Gasteiger charge is 2.24. The molecule has 0 aromatic rings. The van der Waals surface area contributed by atoms with E-state index in [9.17, 15) is 4.79 Å². The molecule has 0 spiro atoms. The molecule has 0 unspecified atom stereocenters. The summed E-state index contributed by atoms with van der Waals surface area (Å²) in [6.07, 6.45) is 13.1. The number of amides is 1. The molecule has 0 aromatic carbocycles. The van der Waals surface area contributed by atoms with Gasteiger partial charge in [-0.05, 0) is 32.4 Å². The highest BCUT2D eigenvalue weighted by molar-refractivity contribution is 5.76. The Morgan fingerprint density at radius 3 is 2.50 bits per heavy atom. The van der Waals surface area contributed by atoms with E-state index in [0.717, 1.165) is 52.0 Å². The maximum Gasteiger partial charge on any atom is 0.222 e. The molecular formula is C20H41N3O. The lowest BCUT2D eigenvalue weighted by Gasteiger charge is -2.30. The summed E-state index contributed by atoms with van der Waals surface area (Å²) in [5.41, 5.74) is 0. The summed E-state index contributed by atoms with van der Waals surface area (Å²) >= 11 is 0. The Hall–Kier alpha value is -0.610. The predicted octanol–water partition coefficient (Wildman–Crippen LogP) is 3.71. The molecule has 142 valence electrons. The van der Waals surface area contributed by atoms with E-state index in [-0.39, 0.29) is 0 Å². The van der Waals surface area contributed by atoms with Crippen molar-refractivity contribution in [1.29, 1.82) is 0 Å². The molecule has 0 radical (unpaired) electrons. The van der Waals surface area contributed by atoms with Crippen molar-refractivity contribution in [2.24, 2.45) is 0 Å². The van der Waals surface area contributed by atoms with Gasteiger partial charge < -0.3 is 15.5 Å². The minimum Gasteiger partial charge on any atom is -0.337 e. The van der Waals surface area contributed by atoms with Crippen LogP contribution in [0.1, 0.15) is 84.5 Å². The van der Waals surface area contributed by atoms with Gasteiger partial charge in [-0.25, -0.2) is 0 Å². The third-order valence-corrected chi connectivity index (χ3v) is 4.97. The minimum absolute atomic E-state index is 0.321. The van der Waals surface area contributed by atoms with Crippen LogP contribution in [0.15, 0.2) is 0 Å². The lowest BCUT2D eigenvalue weighted by molar-refractivity contribution is -0.133. The number of hydrogen-bond acceptors (Lipinski definition) is 3. The fraction of sp³-hybridized carbons (Fsp3) is 0.950. The van der Waals surface area contributed by atoms with Gasteiger partial charge in [0.2, 0.25) is 5.91 Å². The van der Waals surface area contributed by atoms with Crippen LogP contribution in [0.2, 0.25) is 0 Å². The van der Waals surface area contributed by atoms with E-state index >= 15 is 0 Å². The number of carbonyl (C=O) groups is 1. The van der Waals surface area contributed by atoms with Crippen molar-refractivity contribution in [3.05, 3.63) is 0 Å². The van der Waals surface area contributed by atoms with E-state index in [2.05, 4.69) is 29.4 Å². The van der Waals surface area contributed by atoms with E-state index in [1.165, 1.54) is 51.4 Å². The summed E-state index contributed by atoms with van der Waals surface area (Å²) < 4.78 is 0. The molecule has 1 rings (SSSR count). The molecular weight excluding hydrogens is 298 g/mol. The van der Waals surface area contributed by atoms with Crippen LogP contribution in [0.5, 0.6) is 0 Å². The summed E-state index contributed by atoms with van der Waals surface area (Å²) in [6.45, 7) is 9.38. The van der Waals surface area contributed by atoms with Crippen LogP contribution in [-0.4, -0.2) is 49.6 Å². The molecule has 4 nitrogen and oxygen atoms in total. The first-order valence-electron chi connectivity index (χ1n) is 10.5. The molecule has 1 aliphatic heterocycles. The first-order chi connectivity index (χ1) is 11.8.